The summed E-state index contributed by atoms with van der Waals surface area (Å²) in [6.07, 6.45) is 0. The number of nitrogens with zero attached hydrogens (tertiary/aromatic N) is 2. The third-order valence-electron chi connectivity index (χ3n) is 2.23. The average Bonchev–Trinajstić information content (AvgIpc) is 2.61. The van der Waals surface area contributed by atoms with Crippen LogP contribution in [0, 0.1) is 6.92 Å². The summed E-state index contributed by atoms with van der Waals surface area (Å²) in [6.45, 7) is 1.76. The van der Waals surface area contributed by atoms with Gasteiger partial charge in [-0.3, -0.25) is 5.10 Å². The summed E-state index contributed by atoms with van der Waals surface area (Å²) in [6, 6.07) is 0. The molecule has 0 bridgehead atoms. The van der Waals surface area contributed by atoms with Gasteiger partial charge in [-0.2, -0.15) is 5.10 Å². The highest BCUT2D eigenvalue weighted by Gasteiger charge is 2.21. The van der Waals surface area contributed by atoms with Gasteiger partial charge in [0.15, 0.2) is 5.65 Å². The van der Waals surface area contributed by atoms with Gasteiger partial charge in [-0.1, -0.05) is 0 Å². The van der Waals surface area contributed by atoms with Gasteiger partial charge in [-0.15, -0.1) is 0 Å². The normalized spacial score (nSPS) is 10.7. The first-order chi connectivity index (χ1) is 7.56. The molecule has 3 N–H and O–H groups in total. The van der Waals surface area contributed by atoms with Gasteiger partial charge in [0.2, 0.25) is 0 Å². The van der Waals surface area contributed by atoms with E-state index in [1.807, 2.05) is 0 Å². The van der Waals surface area contributed by atoms with E-state index < -0.39 is 5.97 Å². The van der Waals surface area contributed by atoms with Crippen molar-refractivity contribution in [3.05, 3.63) is 15.7 Å². The predicted octanol–water partition coefficient (Wildman–Crippen LogP) is 1.40. The number of ether oxygens (including phenoxy) is 1. The van der Waals surface area contributed by atoms with E-state index in [1.54, 1.807) is 6.92 Å². The van der Waals surface area contributed by atoms with Crippen LogP contribution >= 0.6 is 15.9 Å². The molecule has 84 valence electrons. The van der Waals surface area contributed by atoms with Crippen LogP contribution in [0.4, 0.5) is 5.82 Å². The lowest BCUT2D eigenvalue weighted by Crippen LogP contribution is -2.06. The molecule has 2 aromatic rings. The molecule has 2 heterocycles. The zero-order valence-electron chi connectivity index (χ0n) is 8.67. The van der Waals surface area contributed by atoms with Crippen molar-refractivity contribution in [1.29, 1.82) is 0 Å². The molecule has 0 radical (unpaired) electrons. The second-order valence-electron chi connectivity index (χ2n) is 3.21. The largest absolute Gasteiger partial charge is 0.465 e. The zero-order valence-corrected chi connectivity index (χ0v) is 10.3. The van der Waals surface area contributed by atoms with Crippen molar-refractivity contribution < 1.29 is 9.53 Å². The van der Waals surface area contributed by atoms with E-state index in [1.165, 1.54) is 7.11 Å². The Labute approximate surface area is 99.3 Å². The molecule has 0 aliphatic heterocycles. The molecule has 6 nitrogen and oxygen atoms in total. The predicted molar refractivity (Wildman–Crippen MR) is 62.1 cm³/mol. The number of esters is 1. The minimum absolute atomic E-state index is 0.295. The van der Waals surface area contributed by atoms with Gasteiger partial charge in [-0.25, -0.2) is 9.78 Å². The number of hydrogen-bond acceptors (Lipinski definition) is 5. The number of nitrogen functional groups attached to an aromatic ring is 1. The number of halogens is 1. The molecule has 0 aliphatic carbocycles. The fraction of sp³-hybridized carbons (Fsp3) is 0.222. The molecular weight excluding hydrogens is 276 g/mol. The maximum atomic E-state index is 11.7. The van der Waals surface area contributed by atoms with E-state index in [2.05, 4.69) is 31.1 Å². The number of rotatable bonds is 1. The quantitative estimate of drug-likeness (QED) is 0.772. The summed E-state index contributed by atoms with van der Waals surface area (Å²) >= 11 is 3.30. The zero-order chi connectivity index (χ0) is 11.9. The van der Waals surface area contributed by atoms with E-state index in [0.717, 1.165) is 0 Å². The van der Waals surface area contributed by atoms with Gasteiger partial charge in [0, 0.05) is 0 Å². The van der Waals surface area contributed by atoms with Crippen molar-refractivity contribution in [3.63, 3.8) is 0 Å². The number of carbonyl (C=O) groups excluding carboxylic acids is 1. The number of hydrogen-bond donors (Lipinski definition) is 2. The highest BCUT2D eigenvalue weighted by Crippen LogP contribution is 2.30. The molecule has 0 amide bonds. The van der Waals surface area contributed by atoms with E-state index in [-0.39, 0.29) is 0 Å². The van der Waals surface area contributed by atoms with E-state index in [4.69, 9.17) is 10.5 Å². The Morgan fingerprint density at radius 1 is 1.56 bits per heavy atom. The minimum Gasteiger partial charge on any atom is -0.465 e. The molecule has 0 unspecified atom stereocenters. The Morgan fingerprint density at radius 2 is 2.25 bits per heavy atom. The van der Waals surface area contributed by atoms with Gasteiger partial charge < -0.3 is 10.5 Å². The number of methoxy groups -OCH3 is 1. The molecule has 7 heteroatoms. The van der Waals surface area contributed by atoms with Crippen LogP contribution < -0.4 is 5.73 Å². The van der Waals surface area contributed by atoms with E-state index in [9.17, 15) is 4.79 Å². The maximum absolute atomic E-state index is 11.7. The lowest BCUT2D eigenvalue weighted by molar-refractivity contribution is 0.0602. The van der Waals surface area contributed by atoms with Crippen molar-refractivity contribution in [2.45, 2.75) is 6.92 Å². The van der Waals surface area contributed by atoms with Crippen LogP contribution in [-0.4, -0.2) is 28.3 Å². The molecule has 0 aliphatic rings. The summed E-state index contributed by atoms with van der Waals surface area (Å²) in [5, 5.41) is 6.97. The van der Waals surface area contributed by atoms with Gasteiger partial charge >= 0.3 is 5.97 Å². The fourth-order valence-corrected chi connectivity index (χ4v) is 1.91. The van der Waals surface area contributed by atoms with Gasteiger partial charge in [0.1, 0.15) is 5.82 Å². The number of nitrogens with one attached hydrogen (secondary N) is 1. The highest BCUT2D eigenvalue weighted by molar-refractivity contribution is 9.10. The molecule has 0 atom stereocenters. The minimum atomic E-state index is -0.476. The third-order valence-corrected chi connectivity index (χ3v) is 3.20. The number of anilines is 1. The molecule has 2 aromatic heterocycles. The molecule has 0 fully saturated rings. The van der Waals surface area contributed by atoms with Crippen LogP contribution in [0.2, 0.25) is 0 Å². The first-order valence-corrected chi connectivity index (χ1v) is 5.23. The molecule has 16 heavy (non-hydrogen) atoms. The molecular formula is C9H9BrN4O2. The molecule has 0 spiro atoms. The SMILES string of the molecule is COC(=O)c1c(Br)c(C)nc2n[nH]c(N)c12. The maximum Gasteiger partial charge on any atom is 0.339 e. The van der Waals surface area contributed by atoms with Crippen molar-refractivity contribution >= 4 is 38.8 Å². The summed E-state index contributed by atoms with van der Waals surface area (Å²) in [7, 11) is 1.31. The van der Waals surface area contributed by atoms with Gasteiger partial charge in [-0.05, 0) is 22.9 Å². The Balaban J connectivity index is 2.90. The summed E-state index contributed by atoms with van der Waals surface area (Å²) in [5.74, 6) is -0.181. The Morgan fingerprint density at radius 3 is 2.88 bits per heavy atom. The second-order valence-corrected chi connectivity index (χ2v) is 4.01. The summed E-state index contributed by atoms with van der Waals surface area (Å²) < 4.78 is 5.28. The van der Waals surface area contributed by atoms with Crippen molar-refractivity contribution in [2.24, 2.45) is 0 Å². The number of fused-ring (bicyclic) bond motifs is 1. The Bertz CT molecular complexity index is 578. The number of aromatic nitrogens is 3. The summed E-state index contributed by atoms with van der Waals surface area (Å²) in [4.78, 5) is 15.9. The van der Waals surface area contributed by atoms with Crippen LogP contribution in [0.3, 0.4) is 0 Å². The van der Waals surface area contributed by atoms with Crippen LogP contribution in [0.25, 0.3) is 11.0 Å². The number of pyridine rings is 1. The van der Waals surface area contributed by atoms with Gasteiger partial charge in [0.25, 0.3) is 0 Å². The molecule has 0 saturated heterocycles. The topological polar surface area (TPSA) is 93.9 Å². The van der Waals surface area contributed by atoms with Crippen LogP contribution in [0.15, 0.2) is 4.47 Å². The van der Waals surface area contributed by atoms with Crippen molar-refractivity contribution in [1.82, 2.24) is 15.2 Å². The summed E-state index contributed by atoms with van der Waals surface area (Å²) in [5.41, 5.74) is 7.10. The Kier molecular flexibility index (Phi) is 2.55. The lowest BCUT2D eigenvalue weighted by atomic mass is 10.1. The molecule has 2 rings (SSSR count). The van der Waals surface area contributed by atoms with Crippen LogP contribution in [0.5, 0.6) is 0 Å². The number of aromatic amines is 1. The van der Waals surface area contributed by atoms with Crippen LogP contribution in [0.1, 0.15) is 16.1 Å². The molecule has 0 saturated carbocycles. The second kappa shape index (κ2) is 3.75. The number of carbonyl (C=O) groups is 1. The third kappa shape index (κ3) is 1.44. The van der Waals surface area contributed by atoms with Crippen LogP contribution in [-0.2, 0) is 4.74 Å². The highest BCUT2D eigenvalue weighted by atomic mass is 79.9. The standard InChI is InChI=1S/C9H9BrN4O2/c1-3-6(10)4(9(15)16-2)5-7(11)13-14-8(5)12-3/h1-2H3,(H3,11,12,13,14). The van der Waals surface area contributed by atoms with Crippen molar-refractivity contribution in [2.75, 3.05) is 12.8 Å². The smallest absolute Gasteiger partial charge is 0.339 e. The average molecular weight is 285 g/mol. The van der Waals surface area contributed by atoms with Gasteiger partial charge in [0.05, 0.1) is 28.2 Å². The first-order valence-electron chi connectivity index (χ1n) is 4.44. The lowest BCUT2D eigenvalue weighted by Gasteiger charge is -2.06. The number of nitrogens with two attached hydrogens (primary N) is 1. The number of H-pyrrole nitrogens is 1. The Hall–Kier alpha value is -1.63. The number of aryl methyl sites for hydroxylation is 1. The van der Waals surface area contributed by atoms with E-state index in [0.29, 0.717) is 32.6 Å². The molecule has 0 aromatic carbocycles. The first kappa shape index (κ1) is 10.9. The van der Waals surface area contributed by atoms with E-state index >= 15 is 0 Å². The fourth-order valence-electron chi connectivity index (χ4n) is 1.47. The monoisotopic (exact) mass is 284 g/mol. The van der Waals surface area contributed by atoms with Crippen molar-refractivity contribution in [3.8, 4) is 0 Å².